The van der Waals surface area contributed by atoms with Crippen molar-refractivity contribution in [1.29, 1.82) is 0 Å². The van der Waals surface area contributed by atoms with Crippen LogP contribution >= 0.6 is 15.9 Å². The first-order valence-electron chi connectivity index (χ1n) is 5.02. The van der Waals surface area contributed by atoms with Crippen LogP contribution in [0.25, 0.3) is 0 Å². The highest BCUT2D eigenvalue weighted by atomic mass is 79.9. The molecular formula is C11H16BrNO2S. The van der Waals surface area contributed by atoms with Crippen LogP contribution in [0.4, 0.5) is 5.69 Å². The second kappa shape index (κ2) is 4.75. The highest BCUT2D eigenvalue weighted by Crippen LogP contribution is 2.25. The van der Waals surface area contributed by atoms with E-state index < -0.39 is 15.3 Å². The molecule has 0 aliphatic rings. The standard InChI is InChI=1S/C11H16BrNO2S/c1-7(2)16(14,15)13-10-5-8(3)11(12)9(4)6-10/h5-7,13H,1-4H3. The van der Waals surface area contributed by atoms with Gasteiger partial charge in [0.2, 0.25) is 10.0 Å². The van der Waals surface area contributed by atoms with Gasteiger partial charge in [0.25, 0.3) is 0 Å². The average molecular weight is 306 g/mol. The number of hydrogen-bond donors (Lipinski definition) is 1. The second-order valence-corrected chi connectivity index (χ2v) is 7.15. The Balaban J connectivity index is 3.09. The van der Waals surface area contributed by atoms with Gasteiger partial charge in [-0.25, -0.2) is 8.42 Å². The molecule has 0 unspecified atom stereocenters. The first-order chi connectivity index (χ1) is 7.24. The summed E-state index contributed by atoms with van der Waals surface area (Å²) in [5, 5.41) is -0.434. The molecule has 3 nitrogen and oxygen atoms in total. The Hall–Kier alpha value is -0.550. The smallest absolute Gasteiger partial charge is 0.235 e. The molecule has 0 spiro atoms. The molecule has 90 valence electrons. The van der Waals surface area contributed by atoms with E-state index in [0.717, 1.165) is 15.6 Å². The molecule has 0 fully saturated rings. The van der Waals surface area contributed by atoms with Gasteiger partial charge in [0, 0.05) is 10.2 Å². The Kier molecular flexibility index (Phi) is 4.02. The monoisotopic (exact) mass is 305 g/mol. The lowest BCUT2D eigenvalue weighted by atomic mass is 10.1. The van der Waals surface area contributed by atoms with Gasteiger partial charge in [-0.1, -0.05) is 15.9 Å². The van der Waals surface area contributed by atoms with Crippen LogP contribution in [0.2, 0.25) is 0 Å². The van der Waals surface area contributed by atoms with Gasteiger partial charge >= 0.3 is 0 Å². The Morgan fingerprint density at radius 2 is 1.62 bits per heavy atom. The van der Waals surface area contributed by atoms with Gasteiger partial charge < -0.3 is 0 Å². The molecule has 0 amide bonds. The molecule has 1 aromatic carbocycles. The van der Waals surface area contributed by atoms with Crippen LogP contribution in [0.15, 0.2) is 16.6 Å². The van der Waals surface area contributed by atoms with Gasteiger partial charge in [-0.3, -0.25) is 4.72 Å². The van der Waals surface area contributed by atoms with E-state index in [0.29, 0.717) is 5.69 Å². The zero-order valence-electron chi connectivity index (χ0n) is 9.83. The molecule has 0 aliphatic carbocycles. The van der Waals surface area contributed by atoms with Crippen LogP contribution in [-0.2, 0) is 10.0 Å². The Morgan fingerprint density at radius 3 is 2.00 bits per heavy atom. The van der Waals surface area contributed by atoms with Crippen LogP contribution in [0.1, 0.15) is 25.0 Å². The third-order valence-corrected chi connectivity index (χ3v) is 5.33. The summed E-state index contributed by atoms with van der Waals surface area (Å²) in [4.78, 5) is 0. The number of rotatable bonds is 3. The number of nitrogens with one attached hydrogen (secondary N) is 1. The number of sulfonamides is 1. The highest BCUT2D eigenvalue weighted by molar-refractivity contribution is 9.10. The summed E-state index contributed by atoms with van der Waals surface area (Å²) in [7, 11) is -3.26. The largest absolute Gasteiger partial charge is 0.283 e. The summed E-state index contributed by atoms with van der Waals surface area (Å²) < 4.78 is 27.0. The van der Waals surface area contributed by atoms with Crippen LogP contribution in [0.5, 0.6) is 0 Å². The van der Waals surface area contributed by atoms with Crippen LogP contribution in [-0.4, -0.2) is 13.7 Å². The first kappa shape index (κ1) is 13.5. The number of aryl methyl sites for hydroxylation is 2. The fourth-order valence-corrected chi connectivity index (χ4v) is 2.20. The molecule has 16 heavy (non-hydrogen) atoms. The quantitative estimate of drug-likeness (QED) is 0.932. The number of hydrogen-bond acceptors (Lipinski definition) is 2. The summed E-state index contributed by atoms with van der Waals surface area (Å²) in [6.07, 6.45) is 0. The van der Waals surface area contributed by atoms with E-state index >= 15 is 0 Å². The number of anilines is 1. The summed E-state index contributed by atoms with van der Waals surface area (Å²) >= 11 is 3.44. The van der Waals surface area contributed by atoms with Gasteiger partial charge in [-0.2, -0.15) is 0 Å². The molecule has 0 saturated heterocycles. The third-order valence-electron chi connectivity index (χ3n) is 2.32. The predicted molar refractivity (Wildman–Crippen MR) is 71.3 cm³/mol. The van der Waals surface area contributed by atoms with Crippen molar-refractivity contribution < 1.29 is 8.42 Å². The zero-order chi connectivity index (χ0) is 12.5. The highest BCUT2D eigenvalue weighted by Gasteiger charge is 2.16. The summed E-state index contributed by atoms with van der Waals surface area (Å²) in [5.74, 6) is 0. The van der Waals surface area contributed by atoms with Crippen molar-refractivity contribution in [2.75, 3.05) is 4.72 Å². The maximum Gasteiger partial charge on any atom is 0.235 e. The Morgan fingerprint density at radius 1 is 1.19 bits per heavy atom. The second-order valence-electron chi connectivity index (χ2n) is 4.12. The Labute approximate surface area is 105 Å². The van der Waals surface area contributed by atoms with E-state index in [1.54, 1.807) is 13.8 Å². The molecule has 0 heterocycles. The van der Waals surface area contributed by atoms with Gasteiger partial charge in [0.15, 0.2) is 0 Å². The average Bonchev–Trinajstić information content (AvgIpc) is 2.13. The van der Waals surface area contributed by atoms with E-state index in [4.69, 9.17) is 0 Å². The van der Waals surface area contributed by atoms with E-state index in [2.05, 4.69) is 20.7 Å². The fraction of sp³-hybridized carbons (Fsp3) is 0.455. The molecule has 1 aromatic rings. The SMILES string of the molecule is Cc1cc(NS(=O)(=O)C(C)C)cc(C)c1Br. The van der Waals surface area contributed by atoms with Crippen molar-refractivity contribution in [3.8, 4) is 0 Å². The van der Waals surface area contributed by atoms with Crippen molar-refractivity contribution in [3.63, 3.8) is 0 Å². The van der Waals surface area contributed by atoms with Crippen molar-refractivity contribution in [1.82, 2.24) is 0 Å². The third kappa shape index (κ3) is 2.98. The zero-order valence-corrected chi connectivity index (χ0v) is 12.2. The van der Waals surface area contributed by atoms with Gasteiger partial charge in [0.1, 0.15) is 0 Å². The summed E-state index contributed by atoms with van der Waals surface area (Å²) in [6.45, 7) is 7.18. The number of benzene rings is 1. The molecular weight excluding hydrogens is 290 g/mol. The maximum atomic E-state index is 11.7. The lowest BCUT2D eigenvalue weighted by Gasteiger charge is -2.13. The molecule has 5 heteroatoms. The lowest BCUT2D eigenvalue weighted by Crippen LogP contribution is -2.22. The van der Waals surface area contributed by atoms with E-state index in [-0.39, 0.29) is 0 Å². The molecule has 0 aliphatic heterocycles. The first-order valence-corrected chi connectivity index (χ1v) is 7.36. The van der Waals surface area contributed by atoms with Crippen LogP contribution in [0, 0.1) is 13.8 Å². The summed E-state index contributed by atoms with van der Waals surface area (Å²) in [5.41, 5.74) is 2.65. The molecule has 0 atom stereocenters. The normalized spacial score (nSPS) is 11.9. The molecule has 0 aromatic heterocycles. The molecule has 0 saturated carbocycles. The minimum atomic E-state index is -3.26. The Bertz CT molecular complexity index is 472. The predicted octanol–water partition coefficient (Wildman–Crippen LogP) is 3.22. The maximum absolute atomic E-state index is 11.7. The minimum Gasteiger partial charge on any atom is -0.283 e. The topological polar surface area (TPSA) is 46.2 Å². The molecule has 1 N–H and O–H groups in total. The summed E-state index contributed by atoms with van der Waals surface area (Å²) in [6, 6.07) is 3.63. The lowest BCUT2D eigenvalue weighted by molar-refractivity contribution is 0.593. The molecule has 0 bridgehead atoms. The van der Waals surface area contributed by atoms with E-state index in [1.807, 2.05) is 26.0 Å². The van der Waals surface area contributed by atoms with Crippen molar-refractivity contribution in [3.05, 3.63) is 27.7 Å². The van der Waals surface area contributed by atoms with Crippen molar-refractivity contribution in [2.24, 2.45) is 0 Å². The van der Waals surface area contributed by atoms with Crippen molar-refractivity contribution >= 4 is 31.6 Å². The van der Waals surface area contributed by atoms with E-state index in [9.17, 15) is 8.42 Å². The van der Waals surface area contributed by atoms with Gasteiger partial charge in [-0.05, 0) is 51.0 Å². The number of halogens is 1. The van der Waals surface area contributed by atoms with Crippen molar-refractivity contribution in [2.45, 2.75) is 32.9 Å². The minimum absolute atomic E-state index is 0.434. The van der Waals surface area contributed by atoms with Crippen LogP contribution in [0.3, 0.4) is 0 Å². The molecule has 0 radical (unpaired) electrons. The van der Waals surface area contributed by atoms with E-state index in [1.165, 1.54) is 0 Å². The van der Waals surface area contributed by atoms with Crippen LogP contribution < -0.4 is 4.72 Å². The van der Waals surface area contributed by atoms with Gasteiger partial charge in [0.05, 0.1) is 5.25 Å². The van der Waals surface area contributed by atoms with Gasteiger partial charge in [-0.15, -0.1) is 0 Å². The fourth-order valence-electron chi connectivity index (χ4n) is 1.29. The molecule has 1 rings (SSSR count).